The maximum atomic E-state index is 11.9. The molecule has 2 rings (SSSR count). The second kappa shape index (κ2) is 10.1. The van der Waals surface area contributed by atoms with Crippen LogP contribution in [0.1, 0.15) is 31.1 Å². The van der Waals surface area contributed by atoms with Crippen molar-refractivity contribution in [2.75, 3.05) is 13.1 Å². The molecule has 0 aliphatic heterocycles. The lowest BCUT2D eigenvalue weighted by Gasteiger charge is -2.02. The molecule has 2 heterocycles. The van der Waals surface area contributed by atoms with Crippen molar-refractivity contribution in [3.63, 3.8) is 0 Å². The van der Waals surface area contributed by atoms with E-state index in [1.54, 1.807) is 16.7 Å². The second-order valence-corrected chi connectivity index (χ2v) is 6.64. The molecule has 2 aromatic heterocycles. The highest BCUT2D eigenvalue weighted by Crippen LogP contribution is 2.17. The van der Waals surface area contributed by atoms with E-state index in [0.717, 1.165) is 28.6 Å². The predicted octanol–water partition coefficient (Wildman–Crippen LogP) is 2.53. The smallest absolute Gasteiger partial charge is 0.270 e. The van der Waals surface area contributed by atoms with Gasteiger partial charge in [-0.3, -0.25) is 4.79 Å². The summed E-state index contributed by atoms with van der Waals surface area (Å²) in [7, 11) is 0. The third kappa shape index (κ3) is 5.81. The summed E-state index contributed by atoms with van der Waals surface area (Å²) in [6.45, 7) is 5.15. The Morgan fingerprint density at radius 1 is 1.27 bits per heavy atom. The number of nitrogens with one attached hydrogen (secondary N) is 1. The van der Waals surface area contributed by atoms with Gasteiger partial charge < -0.3 is 11.1 Å². The van der Waals surface area contributed by atoms with Gasteiger partial charge in [-0.1, -0.05) is 0 Å². The summed E-state index contributed by atoms with van der Waals surface area (Å²) in [4.78, 5) is 21.8. The number of aryl methyl sites for hydroxylation is 2. The molecule has 0 saturated heterocycles. The van der Waals surface area contributed by atoms with Gasteiger partial charge in [-0.25, -0.2) is 9.97 Å². The van der Waals surface area contributed by atoms with Gasteiger partial charge in [0.2, 0.25) is 0 Å². The summed E-state index contributed by atoms with van der Waals surface area (Å²) < 4.78 is 0. The Bertz CT molecular complexity index is 601. The quantitative estimate of drug-likeness (QED) is 0.803. The first-order valence-electron chi connectivity index (χ1n) is 6.45. The third-order valence-electron chi connectivity index (χ3n) is 2.78. The van der Waals surface area contributed by atoms with E-state index in [1.165, 1.54) is 16.2 Å². The van der Waals surface area contributed by atoms with Crippen LogP contribution >= 0.6 is 47.5 Å². The molecule has 0 radical (unpaired) electrons. The first kappa shape index (κ1) is 21.3. The number of thiazole rings is 2. The Morgan fingerprint density at radius 2 is 2.00 bits per heavy atom. The number of aromatic nitrogens is 2. The van der Waals surface area contributed by atoms with Crippen LogP contribution in [0.25, 0.3) is 0 Å². The molecule has 0 fully saturated rings. The molecule has 0 aromatic carbocycles. The normalized spacial score (nSPS) is 9.77. The Balaban J connectivity index is 0.00000220. The van der Waals surface area contributed by atoms with E-state index < -0.39 is 0 Å². The first-order chi connectivity index (χ1) is 9.60. The van der Waals surface area contributed by atoms with Crippen molar-refractivity contribution in [2.45, 2.75) is 26.7 Å². The van der Waals surface area contributed by atoms with E-state index in [0.29, 0.717) is 18.8 Å². The minimum absolute atomic E-state index is 0. The summed E-state index contributed by atoms with van der Waals surface area (Å²) in [6, 6.07) is 0. The van der Waals surface area contributed by atoms with Crippen LogP contribution in [0.3, 0.4) is 0 Å². The Labute approximate surface area is 150 Å². The lowest BCUT2D eigenvalue weighted by molar-refractivity contribution is 0.0949. The van der Waals surface area contributed by atoms with Crippen molar-refractivity contribution in [2.24, 2.45) is 5.73 Å². The average molecular weight is 383 g/mol. The van der Waals surface area contributed by atoms with Crippen LogP contribution in [0.15, 0.2) is 5.38 Å². The highest BCUT2D eigenvalue weighted by molar-refractivity contribution is 7.11. The molecule has 0 unspecified atom stereocenters. The molecule has 22 heavy (non-hydrogen) atoms. The fourth-order valence-electron chi connectivity index (χ4n) is 1.84. The summed E-state index contributed by atoms with van der Waals surface area (Å²) >= 11 is 3.16. The molecule has 0 bridgehead atoms. The number of halogens is 2. The van der Waals surface area contributed by atoms with Crippen molar-refractivity contribution in [1.82, 2.24) is 15.3 Å². The number of carbonyl (C=O) groups is 1. The highest BCUT2D eigenvalue weighted by Gasteiger charge is 2.11. The van der Waals surface area contributed by atoms with E-state index in [9.17, 15) is 4.79 Å². The van der Waals surface area contributed by atoms with E-state index in [2.05, 4.69) is 15.3 Å². The summed E-state index contributed by atoms with van der Waals surface area (Å²) in [5.74, 6) is -0.122. The van der Waals surface area contributed by atoms with Crippen molar-refractivity contribution < 1.29 is 4.79 Å². The number of nitrogens with two attached hydrogens (primary N) is 1. The second-order valence-electron chi connectivity index (χ2n) is 4.41. The van der Waals surface area contributed by atoms with Crippen LogP contribution in [-0.4, -0.2) is 29.0 Å². The third-order valence-corrected chi connectivity index (χ3v) is 4.82. The molecular formula is C13H20Cl2N4OS2. The number of hydrogen-bond acceptors (Lipinski definition) is 6. The van der Waals surface area contributed by atoms with Crippen molar-refractivity contribution in [3.05, 3.63) is 31.7 Å². The van der Waals surface area contributed by atoms with Crippen molar-refractivity contribution in [3.8, 4) is 0 Å². The molecule has 0 spiro atoms. The van der Waals surface area contributed by atoms with Crippen LogP contribution < -0.4 is 11.1 Å². The average Bonchev–Trinajstić information content (AvgIpc) is 2.97. The van der Waals surface area contributed by atoms with E-state index in [1.807, 2.05) is 13.8 Å². The van der Waals surface area contributed by atoms with Crippen molar-refractivity contribution in [1.29, 1.82) is 0 Å². The lowest BCUT2D eigenvalue weighted by Crippen LogP contribution is -2.26. The van der Waals surface area contributed by atoms with Crippen molar-refractivity contribution >= 4 is 53.4 Å². The Kier molecular flexibility index (Phi) is 9.79. The van der Waals surface area contributed by atoms with Crippen LogP contribution in [0.2, 0.25) is 0 Å². The van der Waals surface area contributed by atoms with Gasteiger partial charge in [0, 0.05) is 29.6 Å². The van der Waals surface area contributed by atoms with Gasteiger partial charge in [-0.05, 0) is 20.4 Å². The number of nitrogens with zero attached hydrogens (tertiary/aromatic N) is 2. The maximum Gasteiger partial charge on any atom is 0.270 e. The van der Waals surface area contributed by atoms with E-state index in [4.69, 9.17) is 5.73 Å². The molecule has 0 atom stereocenters. The molecule has 9 heteroatoms. The minimum Gasteiger partial charge on any atom is -0.350 e. The van der Waals surface area contributed by atoms with Gasteiger partial charge in [0.25, 0.3) is 5.91 Å². The lowest BCUT2D eigenvalue weighted by atomic mass is 10.3. The first-order valence-corrected chi connectivity index (χ1v) is 8.15. The van der Waals surface area contributed by atoms with Crippen LogP contribution in [0.5, 0.6) is 0 Å². The SMILES string of the molecule is Cc1nc(C)c(CCNC(=O)c2csc(CCN)n2)s1.Cl.Cl. The molecule has 2 aromatic rings. The van der Waals surface area contributed by atoms with Crippen LogP contribution in [-0.2, 0) is 12.8 Å². The highest BCUT2D eigenvalue weighted by atomic mass is 35.5. The fourth-order valence-corrected chi connectivity index (χ4v) is 3.57. The zero-order valence-electron chi connectivity index (χ0n) is 12.4. The summed E-state index contributed by atoms with van der Waals surface area (Å²) in [6.07, 6.45) is 1.53. The van der Waals surface area contributed by atoms with Crippen LogP contribution in [0, 0.1) is 13.8 Å². The molecule has 0 saturated carbocycles. The Hall–Kier alpha value is -0.730. The van der Waals surface area contributed by atoms with Gasteiger partial charge in [-0.2, -0.15) is 0 Å². The maximum absolute atomic E-state index is 11.9. The number of amides is 1. The molecule has 1 amide bonds. The molecule has 124 valence electrons. The van der Waals surface area contributed by atoms with Gasteiger partial charge in [-0.15, -0.1) is 47.5 Å². The molecule has 0 aliphatic rings. The summed E-state index contributed by atoms with van der Waals surface area (Å²) in [5.41, 5.74) is 7.01. The largest absolute Gasteiger partial charge is 0.350 e. The van der Waals surface area contributed by atoms with Gasteiger partial charge >= 0.3 is 0 Å². The van der Waals surface area contributed by atoms with Gasteiger partial charge in [0.05, 0.1) is 15.7 Å². The standard InChI is InChI=1S/C13H18N4OS2.2ClH/c1-8-11(20-9(2)16-8)4-6-15-13(18)10-7-19-12(17-10)3-5-14;;/h7H,3-6,14H2,1-2H3,(H,15,18);2*1H. The zero-order chi connectivity index (χ0) is 14.5. The van der Waals surface area contributed by atoms with Gasteiger partial charge in [0.1, 0.15) is 5.69 Å². The molecule has 3 N–H and O–H groups in total. The zero-order valence-corrected chi connectivity index (χ0v) is 15.7. The van der Waals surface area contributed by atoms with E-state index >= 15 is 0 Å². The molecule has 5 nitrogen and oxygen atoms in total. The number of rotatable bonds is 6. The predicted molar refractivity (Wildman–Crippen MR) is 97.0 cm³/mol. The fraction of sp³-hybridized carbons (Fsp3) is 0.462. The minimum atomic E-state index is -0.122. The number of hydrogen-bond donors (Lipinski definition) is 2. The van der Waals surface area contributed by atoms with Gasteiger partial charge in [0.15, 0.2) is 0 Å². The number of carbonyl (C=O) groups excluding carboxylic acids is 1. The van der Waals surface area contributed by atoms with E-state index in [-0.39, 0.29) is 30.7 Å². The monoisotopic (exact) mass is 382 g/mol. The Morgan fingerprint density at radius 3 is 2.59 bits per heavy atom. The molecular weight excluding hydrogens is 363 g/mol. The topological polar surface area (TPSA) is 80.9 Å². The molecule has 0 aliphatic carbocycles. The summed E-state index contributed by atoms with van der Waals surface area (Å²) in [5, 5.41) is 6.65. The van der Waals surface area contributed by atoms with Crippen LogP contribution in [0.4, 0.5) is 0 Å².